The van der Waals surface area contributed by atoms with Gasteiger partial charge in [-0.2, -0.15) is 0 Å². The first-order valence-corrected chi connectivity index (χ1v) is 8.84. The highest BCUT2D eigenvalue weighted by Crippen LogP contribution is 2.37. The lowest BCUT2D eigenvalue weighted by Gasteiger charge is -2.36. The molecule has 0 amide bonds. The first-order chi connectivity index (χ1) is 11.9. The molecule has 3 atom stereocenters. The van der Waals surface area contributed by atoms with Crippen molar-refractivity contribution >= 4 is 18.8 Å². The van der Waals surface area contributed by atoms with Gasteiger partial charge < -0.3 is 24.8 Å². The summed E-state index contributed by atoms with van der Waals surface area (Å²) in [5.74, 6) is 0.0233. The van der Waals surface area contributed by atoms with E-state index < -0.39 is 13.1 Å². The van der Waals surface area contributed by atoms with E-state index in [-0.39, 0.29) is 17.8 Å². The van der Waals surface area contributed by atoms with Gasteiger partial charge in [-0.3, -0.25) is 4.79 Å². The Bertz CT molecular complexity index is 551. The maximum atomic E-state index is 11.7. The van der Waals surface area contributed by atoms with E-state index in [2.05, 4.69) is 4.90 Å². The summed E-state index contributed by atoms with van der Waals surface area (Å²) in [7, 11) is 2.31. The highest BCUT2D eigenvalue weighted by molar-refractivity contribution is 6.40. The monoisotopic (exact) mass is 349 g/mol. The van der Waals surface area contributed by atoms with Gasteiger partial charge in [0.2, 0.25) is 0 Å². The quantitative estimate of drug-likeness (QED) is 0.623. The molecule has 6 nitrogen and oxygen atoms in total. The molecule has 1 aliphatic carbocycles. The van der Waals surface area contributed by atoms with Crippen molar-refractivity contribution in [3.8, 4) is 5.75 Å². The number of carboxylic acid groups (broad SMARTS) is 1. The van der Waals surface area contributed by atoms with E-state index in [1.54, 1.807) is 7.11 Å². The third-order valence-electron chi connectivity index (χ3n) is 5.27. The molecule has 1 fully saturated rings. The molecule has 0 heterocycles. The Kier molecular flexibility index (Phi) is 7.14. The van der Waals surface area contributed by atoms with Crippen LogP contribution in [0.2, 0.25) is 6.32 Å². The number of carboxylic acids is 1. The van der Waals surface area contributed by atoms with E-state index in [0.717, 1.165) is 24.3 Å². The summed E-state index contributed by atoms with van der Waals surface area (Å²) >= 11 is 0. The van der Waals surface area contributed by atoms with Gasteiger partial charge in [0.15, 0.2) is 0 Å². The number of rotatable bonds is 8. The molecule has 1 aliphatic rings. The summed E-state index contributed by atoms with van der Waals surface area (Å²) in [4.78, 5) is 13.8. The van der Waals surface area contributed by atoms with Crippen LogP contribution >= 0.6 is 0 Å². The summed E-state index contributed by atoms with van der Waals surface area (Å²) in [5, 5.41) is 27.7. The number of nitrogens with zero attached hydrogens (tertiary/aromatic N) is 1. The van der Waals surface area contributed by atoms with Crippen molar-refractivity contribution in [3.63, 3.8) is 0 Å². The Balaban J connectivity index is 1.96. The summed E-state index contributed by atoms with van der Waals surface area (Å²) in [6, 6.07) is 7.75. The third kappa shape index (κ3) is 5.65. The van der Waals surface area contributed by atoms with Gasteiger partial charge in [-0.05, 0) is 55.3 Å². The Morgan fingerprint density at radius 3 is 2.52 bits per heavy atom. The number of hydrogen-bond donors (Lipinski definition) is 3. The molecule has 138 valence electrons. The summed E-state index contributed by atoms with van der Waals surface area (Å²) in [6.45, 7) is 0.693. The minimum Gasteiger partial charge on any atom is -0.497 e. The lowest BCUT2D eigenvalue weighted by Crippen LogP contribution is -2.38. The summed E-state index contributed by atoms with van der Waals surface area (Å²) < 4.78 is 5.17. The van der Waals surface area contributed by atoms with Gasteiger partial charge in [-0.15, -0.1) is 0 Å². The van der Waals surface area contributed by atoms with Gasteiger partial charge in [-0.25, -0.2) is 0 Å². The van der Waals surface area contributed by atoms with Crippen molar-refractivity contribution in [2.24, 2.45) is 17.8 Å². The van der Waals surface area contributed by atoms with Gasteiger partial charge in [0, 0.05) is 19.3 Å². The fraction of sp³-hybridized carbons (Fsp3) is 0.611. The van der Waals surface area contributed by atoms with E-state index in [0.29, 0.717) is 25.7 Å². The van der Waals surface area contributed by atoms with Crippen molar-refractivity contribution in [3.05, 3.63) is 24.3 Å². The minimum absolute atomic E-state index is 0.0971. The number of methoxy groups -OCH3 is 1. The molecule has 0 aromatic heterocycles. The lowest BCUT2D eigenvalue weighted by atomic mass is 9.70. The first-order valence-electron chi connectivity index (χ1n) is 8.84. The number of anilines is 1. The Morgan fingerprint density at radius 1 is 1.28 bits per heavy atom. The minimum atomic E-state index is -1.30. The molecule has 0 saturated heterocycles. The standard InChI is InChI=1S/C18H28BNO5/c1-20(15-5-7-16(25-2)8-6-15)12-14-4-3-13(9-10-19(23)24)11-17(14)18(21)22/h5-8,13-14,17,23-24H,3-4,9-12H2,1-2H3,(H,21,22)/t13-,14?,17-/m0/s1. The Hall–Kier alpha value is -1.73. The van der Waals surface area contributed by atoms with Gasteiger partial charge in [0.25, 0.3) is 0 Å². The second-order valence-corrected chi connectivity index (χ2v) is 7.02. The molecular weight excluding hydrogens is 321 g/mol. The molecule has 0 radical (unpaired) electrons. The fourth-order valence-corrected chi connectivity index (χ4v) is 3.78. The second kappa shape index (κ2) is 9.11. The van der Waals surface area contributed by atoms with E-state index in [4.69, 9.17) is 14.8 Å². The zero-order valence-corrected chi connectivity index (χ0v) is 15.0. The second-order valence-electron chi connectivity index (χ2n) is 7.02. The van der Waals surface area contributed by atoms with Crippen molar-refractivity contribution in [1.82, 2.24) is 0 Å². The van der Waals surface area contributed by atoms with Crippen molar-refractivity contribution < 1.29 is 24.7 Å². The van der Waals surface area contributed by atoms with Crippen molar-refractivity contribution in [2.45, 2.75) is 32.0 Å². The van der Waals surface area contributed by atoms with Gasteiger partial charge in [0.05, 0.1) is 13.0 Å². The van der Waals surface area contributed by atoms with Gasteiger partial charge in [-0.1, -0.05) is 12.8 Å². The average molecular weight is 349 g/mol. The molecule has 3 N–H and O–H groups in total. The molecule has 1 aromatic rings. The largest absolute Gasteiger partial charge is 0.497 e. The molecule has 0 aliphatic heterocycles. The Morgan fingerprint density at radius 2 is 1.96 bits per heavy atom. The SMILES string of the molecule is COc1ccc(N(C)CC2CC[C@@H](CCB(O)O)C[C@@H]2C(=O)O)cc1. The zero-order valence-electron chi connectivity index (χ0n) is 15.0. The highest BCUT2D eigenvalue weighted by atomic mass is 16.5. The third-order valence-corrected chi connectivity index (χ3v) is 5.27. The molecule has 1 unspecified atom stereocenters. The molecule has 0 spiro atoms. The fourth-order valence-electron chi connectivity index (χ4n) is 3.78. The van der Waals surface area contributed by atoms with Crippen LogP contribution in [0.1, 0.15) is 25.7 Å². The summed E-state index contributed by atoms with van der Waals surface area (Å²) in [5.41, 5.74) is 1.04. The zero-order chi connectivity index (χ0) is 18.4. The molecular formula is C18H28BNO5. The number of carbonyl (C=O) groups is 1. The predicted molar refractivity (Wildman–Crippen MR) is 97.8 cm³/mol. The summed E-state index contributed by atoms with van der Waals surface area (Å²) in [6.07, 6.45) is 3.39. The van der Waals surface area contributed by atoms with E-state index in [1.165, 1.54) is 0 Å². The topological polar surface area (TPSA) is 90.2 Å². The smallest absolute Gasteiger partial charge is 0.451 e. The van der Waals surface area contributed by atoms with Crippen LogP contribution in [-0.4, -0.2) is 48.9 Å². The maximum absolute atomic E-state index is 11.7. The molecule has 2 rings (SSSR count). The van der Waals surface area contributed by atoms with Crippen LogP contribution in [-0.2, 0) is 4.79 Å². The molecule has 1 saturated carbocycles. The lowest BCUT2D eigenvalue weighted by molar-refractivity contribution is -0.145. The van der Waals surface area contributed by atoms with Crippen molar-refractivity contribution in [1.29, 1.82) is 0 Å². The first kappa shape index (κ1) is 19.6. The number of ether oxygens (including phenoxy) is 1. The van der Waals surface area contributed by atoms with E-state index >= 15 is 0 Å². The van der Waals surface area contributed by atoms with E-state index in [9.17, 15) is 9.90 Å². The molecule has 1 aromatic carbocycles. The number of aliphatic carboxylic acids is 1. The van der Waals surface area contributed by atoms with Crippen LogP contribution in [0.25, 0.3) is 0 Å². The molecule has 25 heavy (non-hydrogen) atoms. The number of benzene rings is 1. The van der Waals surface area contributed by atoms with Crippen LogP contribution < -0.4 is 9.64 Å². The van der Waals surface area contributed by atoms with Crippen LogP contribution in [0.5, 0.6) is 5.75 Å². The van der Waals surface area contributed by atoms with Crippen molar-refractivity contribution in [2.75, 3.05) is 25.6 Å². The van der Waals surface area contributed by atoms with E-state index in [1.807, 2.05) is 31.3 Å². The van der Waals surface area contributed by atoms with Crippen LogP contribution in [0.3, 0.4) is 0 Å². The predicted octanol–water partition coefficient (Wildman–Crippen LogP) is 2.11. The molecule has 0 bridgehead atoms. The normalized spacial score (nSPS) is 23.1. The average Bonchev–Trinajstić information content (AvgIpc) is 2.60. The van der Waals surface area contributed by atoms with Crippen LogP contribution in [0.15, 0.2) is 24.3 Å². The number of hydrogen-bond acceptors (Lipinski definition) is 5. The maximum Gasteiger partial charge on any atom is 0.451 e. The van der Waals surface area contributed by atoms with Crippen LogP contribution in [0.4, 0.5) is 5.69 Å². The van der Waals surface area contributed by atoms with Gasteiger partial charge in [0.1, 0.15) is 5.75 Å². The molecule has 7 heteroatoms. The highest BCUT2D eigenvalue weighted by Gasteiger charge is 2.36. The Labute approximate surface area is 149 Å². The van der Waals surface area contributed by atoms with Crippen LogP contribution in [0, 0.1) is 17.8 Å². The van der Waals surface area contributed by atoms with Gasteiger partial charge >= 0.3 is 13.1 Å².